The standard InChI is InChI=1S/C12H6FN3O3/c13-9-2-1-3-10(16(17)18)12(9)19-11-6-8(7-14)4-5-15-11/h1-6H. The van der Waals surface area contributed by atoms with Gasteiger partial charge in [0.15, 0.2) is 5.82 Å². The van der Waals surface area contributed by atoms with Gasteiger partial charge in [-0.2, -0.15) is 5.26 Å². The molecule has 6 nitrogen and oxygen atoms in total. The first kappa shape index (κ1) is 12.4. The zero-order valence-electron chi connectivity index (χ0n) is 9.41. The Labute approximate surface area is 106 Å². The van der Waals surface area contributed by atoms with Gasteiger partial charge in [-0.25, -0.2) is 9.37 Å². The minimum atomic E-state index is -0.877. The van der Waals surface area contributed by atoms with E-state index in [0.29, 0.717) is 0 Å². The fourth-order valence-corrected chi connectivity index (χ4v) is 1.38. The number of nitro benzene ring substituents is 1. The number of aromatic nitrogens is 1. The van der Waals surface area contributed by atoms with Crippen LogP contribution in [0.15, 0.2) is 36.5 Å². The van der Waals surface area contributed by atoms with E-state index in [9.17, 15) is 14.5 Å². The number of nitrogens with zero attached hydrogens (tertiary/aromatic N) is 3. The van der Waals surface area contributed by atoms with Crippen LogP contribution in [0.25, 0.3) is 0 Å². The molecule has 0 amide bonds. The van der Waals surface area contributed by atoms with Crippen molar-refractivity contribution in [3.05, 3.63) is 58.0 Å². The van der Waals surface area contributed by atoms with Crippen LogP contribution in [0.1, 0.15) is 5.56 Å². The van der Waals surface area contributed by atoms with Crippen LogP contribution in [0, 0.1) is 27.3 Å². The maximum Gasteiger partial charge on any atom is 0.314 e. The van der Waals surface area contributed by atoms with Crippen molar-refractivity contribution in [2.75, 3.05) is 0 Å². The number of benzene rings is 1. The predicted octanol–water partition coefficient (Wildman–Crippen LogP) is 2.79. The van der Waals surface area contributed by atoms with E-state index in [4.69, 9.17) is 10.00 Å². The van der Waals surface area contributed by atoms with Crippen LogP contribution < -0.4 is 4.74 Å². The van der Waals surface area contributed by atoms with Crippen LogP contribution in [0.5, 0.6) is 11.6 Å². The zero-order chi connectivity index (χ0) is 13.8. The lowest BCUT2D eigenvalue weighted by Crippen LogP contribution is -1.97. The highest BCUT2D eigenvalue weighted by atomic mass is 19.1. The molecule has 1 aromatic carbocycles. The normalized spacial score (nSPS) is 9.68. The van der Waals surface area contributed by atoms with Crippen molar-refractivity contribution in [3.63, 3.8) is 0 Å². The molecule has 19 heavy (non-hydrogen) atoms. The van der Waals surface area contributed by atoms with Gasteiger partial charge in [0.2, 0.25) is 11.6 Å². The lowest BCUT2D eigenvalue weighted by Gasteiger charge is -2.06. The van der Waals surface area contributed by atoms with Gasteiger partial charge in [-0.3, -0.25) is 10.1 Å². The topological polar surface area (TPSA) is 89.0 Å². The van der Waals surface area contributed by atoms with E-state index < -0.39 is 22.2 Å². The Morgan fingerprint density at radius 2 is 2.21 bits per heavy atom. The first-order valence-electron chi connectivity index (χ1n) is 5.08. The number of hydrogen-bond acceptors (Lipinski definition) is 5. The van der Waals surface area contributed by atoms with Crippen LogP contribution in [0.3, 0.4) is 0 Å². The molecule has 94 valence electrons. The maximum atomic E-state index is 13.6. The van der Waals surface area contributed by atoms with Crippen LogP contribution in [-0.2, 0) is 0 Å². The summed E-state index contributed by atoms with van der Waals surface area (Å²) in [5.41, 5.74) is -0.256. The second-order valence-electron chi connectivity index (χ2n) is 3.44. The molecule has 2 rings (SSSR count). The van der Waals surface area contributed by atoms with E-state index in [2.05, 4.69) is 4.98 Å². The molecule has 0 N–H and O–H groups in total. The summed E-state index contributed by atoms with van der Waals surface area (Å²) >= 11 is 0. The lowest BCUT2D eigenvalue weighted by molar-refractivity contribution is -0.385. The Balaban J connectivity index is 2.43. The van der Waals surface area contributed by atoms with E-state index in [-0.39, 0.29) is 11.4 Å². The average molecular weight is 259 g/mol. The summed E-state index contributed by atoms with van der Waals surface area (Å²) in [5.74, 6) is -1.50. The molecule has 1 heterocycles. The van der Waals surface area contributed by atoms with E-state index in [1.165, 1.54) is 24.4 Å². The van der Waals surface area contributed by atoms with Gasteiger partial charge in [-0.05, 0) is 12.1 Å². The van der Waals surface area contributed by atoms with Crippen LogP contribution in [0.4, 0.5) is 10.1 Å². The number of rotatable bonds is 3. The minimum Gasteiger partial charge on any atom is -0.429 e. The van der Waals surface area contributed by atoms with E-state index in [1.807, 2.05) is 6.07 Å². The predicted molar refractivity (Wildman–Crippen MR) is 62.1 cm³/mol. The molecule has 0 fully saturated rings. The Morgan fingerprint density at radius 1 is 1.42 bits per heavy atom. The van der Waals surface area contributed by atoms with E-state index in [0.717, 1.165) is 12.1 Å². The monoisotopic (exact) mass is 259 g/mol. The fourth-order valence-electron chi connectivity index (χ4n) is 1.38. The Hall–Kier alpha value is -3.01. The summed E-state index contributed by atoms with van der Waals surface area (Å²) < 4.78 is 18.6. The number of para-hydroxylation sites is 1. The van der Waals surface area contributed by atoms with E-state index in [1.54, 1.807) is 0 Å². The van der Waals surface area contributed by atoms with Crippen molar-refractivity contribution < 1.29 is 14.1 Å². The van der Waals surface area contributed by atoms with Crippen molar-refractivity contribution in [3.8, 4) is 17.7 Å². The number of pyridine rings is 1. The first-order valence-corrected chi connectivity index (χ1v) is 5.08. The molecule has 0 saturated heterocycles. The molecule has 0 spiro atoms. The molecule has 1 aromatic heterocycles. The van der Waals surface area contributed by atoms with Gasteiger partial charge in [0, 0.05) is 18.3 Å². The molecule has 0 aliphatic heterocycles. The fraction of sp³-hybridized carbons (Fsp3) is 0. The quantitative estimate of drug-likeness (QED) is 0.624. The van der Waals surface area contributed by atoms with Gasteiger partial charge in [-0.1, -0.05) is 6.07 Å². The third kappa shape index (κ3) is 2.63. The second-order valence-corrected chi connectivity index (χ2v) is 3.44. The van der Waals surface area contributed by atoms with Gasteiger partial charge in [0.1, 0.15) is 0 Å². The maximum absolute atomic E-state index is 13.6. The first-order chi connectivity index (χ1) is 9.11. The number of ether oxygens (including phenoxy) is 1. The number of nitriles is 1. The molecule has 0 radical (unpaired) electrons. The molecular formula is C12H6FN3O3. The summed E-state index contributed by atoms with van der Waals surface area (Å²) in [6.07, 6.45) is 1.29. The summed E-state index contributed by atoms with van der Waals surface area (Å²) in [4.78, 5) is 13.8. The number of halogens is 1. The van der Waals surface area contributed by atoms with Gasteiger partial charge in [0.25, 0.3) is 0 Å². The minimum absolute atomic E-state index is 0.0905. The summed E-state index contributed by atoms with van der Waals surface area (Å²) in [6, 6.07) is 7.91. The van der Waals surface area contributed by atoms with Gasteiger partial charge < -0.3 is 4.74 Å². The highest BCUT2D eigenvalue weighted by Gasteiger charge is 2.20. The molecule has 2 aromatic rings. The van der Waals surface area contributed by atoms with Crippen molar-refractivity contribution in [2.24, 2.45) is 0 Å². The van der Waals surface area contributed by atoms with Crippen LogP contribution in [0.2, 0.25) is 0 Å². The van der Waals surface area contributed by atoms with Gasteiger partial charge in [-0.15, -0.1) is 0 Å². The van der Waals surface area contributed by atoms with E-state index >= 15 is 0 Å². The number of nitro groups is 1. The van der Waals surface area contributed by atoms with Crippen molar-refractivity contribution in [1.82, 2.24) is 4.98 Å². The third-order valence-corrected chi connectivity index (χ3v) is 2.21. The highest BCUT2D eigenvalue weighted by Crippen LogP contribution is 2.33. The smallest absolute Gasteiger partial charge is 0.314 e. The SMILES string of the molecule is N#Cc1ccnc(Oc2c(F)cccc2[N+](=O)[O-])c1. The summed E-state index contributed by atoms with van der Waals surface area (Å²) in [7, 11) is 0. The largest absolute Gasteiger partial charge is 0.429 e. The van der Waals surface area contributed by atoms with Crippen molar-refractivity contribution in [2.45, 2.75) is 0 Å². The molecule has 7 heteroatoms. The summed E-state index contributed by atoms with van der Waals surface area (Å²) in [5, 5.41) is 19.5. The molecule has 0 unspecified atom stereocenters. The molecule has 0 aliphatic rings. The molecular weight excluding hydrogens is 253 g/mol. The second kappa shape index (κ2) is 5.10. The Kier molecular flexibility index (Phi) is 3.34. The van der Waals surface area contributed by atoms with Crippen molar-refractivity contribution >= 4 is 5.69 Å². The highest BCUT2D eigenvalue weighted by molar-refractivity contribution is 5.48. The molecule has 0 aliphatic carbocycles. The van der Waals surface area contributed by atoms with Gasteiger partial charge in [0.05, 0.1) is 16.6 Å². The summed E-state index contributed by atoms with van der Waals surface area (Å²) in [6.45, 7) is 0. The Bertz CT molecular complexity index is 682. The zero-order valence-corrected chi connectivity index (χ0v) is 9.41. The van der Waals surface area contributed by atoms with Crippen LogP contribution >= 0.6 is 0 Å². The van der Waals surface area contributed by atoms with Gasteiger partial charge >= 0.3 is 5.69 Å². The van der Waals surface area contributed by atoms with Crippen molar-refractivity contribution in [1.29, 1.82) is 5.26 Å². The number of hydrogen-bond donors (Lipinski definition) is 0. The molecule has 0 bridgehead atoms. The third-order valence-electron chi connectivity index (χ3n) is 2.21. The lowest BCUT2D eigenvalue weighted by atomic mass is 10.3. The van der Waals surface area contributed by atoms with Crippen LogP contribution in [-0.4, -0.2) is 9.91 Å². The average Bonchev–Trinajstić information content (AvgIpc) is 2.41. The Morgan fingerprint density at radius 3 is 2.89 bits per heavy atom. The molecule has 0 atom stereocenters. The molecule has 0 saturated carbocycles.